The minimum atomic E-state index is -0.249. The predicted molar refractivity (Wildman–Crippen MR) is 135 cm³/mol. The third kappa shape index (κ3) is 4.01. The van der Waals surface area contributed by atoms with E-state index < -0.39 is 0 Å². The Morgan fingerprint density at radius 1 is 1.15 bits per heavy atom. The van der Waals surface area contributed by atoms with Crippen molar-refractivity contribution in [2.24, 2.45) is 5.92 Å². The molecule has 6 rings (SSSR count). The van der Waals surface area contributed by atoms with Gasteiger partial charge in [0.15, 0.2) is 0 Å². The molecule has 7 heteroatoms. The number of aromatic nitrogens is 3. The fourth-order valence-electron chi connectivity index (χ4n) is 4.61. The van der Waals surface area contributed by atoms with Crippen LogP contribution < -0.4 is 0 Å². The van der Waals surface area contributed by atoms with Gasteiger partial charge in [0.05, 0.1) is 9.88 Å². The summed E-state index contributed by atoms with van der Waals surface area (Å²) in [6.45, 7) is 3.26. The summed E-state index contributed by atoms with van der Waals surface area (Å²) >= 11 is 1.56. The molecule has 0 aliphatic heterocycles. The summed E-state index contributed by atoms with van der Waals surface area (Å²) in [4.78, 5) is 27.8. The zero-order chi connectivity index (χ0) is 23.2. The summed E-state index contributed by atoms with van der Waals surface area (Å²) in [6, 6.07) is 13.0. The lowest BCUT2D eigenvalue weighted by Crippen LogP contribution is -2.35. The number of benzene rings is 2. The molecule has 1 fully saturated rings. The van der Waals surface area contributed by atoms with Crippen molar-refractivity contribution in [1.82, 2.24) is 19.9 Å². The maximum absolute atomic E-state index is 13.8. The minimum Gasteiger partial charge on any atom is -0.361 e. The molecule has 3 aromatic heterocycles. The van der Waals surface area contributed by atoms with E-state index in [1.165, 1.54) is 6.07 Å². The molecule has 34 heavy (non-hydrogen) atoms. The predicted octanol–water partition coefficient (Wildman–Crippen LogP) is 6.32. The number of nitrogens with one attached hydrogen (secondary N) is 2. The van der Waals surface area contributed by atoms with E-state index in [1.807, 2.05) is 30.3 Å². The topological polar surface area (TPSA) is 64.8 Å². The molecule has 0 radical (unpaired) electrons. The highest BCUT2D eigenvalue weighted by atomic mass is 32.1. The normalized spacial score (nSPS) is 13.7. The summed E-state index contributed by atoms with van der Waals surface area (Å²) in [5, 5.41) is 2.90. The Hall–Kier alpha value is -3.45. The maximum Gasteiger partial charge on any atom is 0.274 e. The molecule has 1 aliphatic rings. The van der Waals surface area contributed by atoms with Crippen LogP contribution in [0.5, 0.6) is 0 Å². The van der Waals surface area contributed by atoms with E-state index in [9.17, 15) is 9.18 Å². The second-order valence-corrected chi connectivity index (χ2v) is 10.3. The lowest BCUT2D eigenvalue weighted by molar-refractivity contribution is 0.0745. The van der Waals surface area contributed by atoms with E-state index in [2.05, 4.69) is 33.2 Å². The average molecular weight is 473 g/mol. The van der Waals surface area contributed by atoms with E-state index in [1.54, 1.807) is 23.5 Å². The molecule has 1 amide bonds. The Labute approximate surface area is 200 Å². The number of amides is 1. The van der Waals surface area contributed by atoms with Gasteiger partial charge in [-0.05, 0) is 78.9 Å². The quantitative estimate of drug-likeness (QED) is 0.291. The Morgan fingerprint density at radius 2 is 2.03 bits per heavy atom. The Kier molecular flexibility index (Phi) is 5.21. The van der Waals surface area contributed by atoms with Crippen molar-refractivity contribution in [3.05, 3.63) is 76.9 Å². The van der Waals surface area contributed by atoms with Gasteiger partial charge in [-0.15, -0.1) is 11.3 Å². The van der Waals surface area contributed by atoms with Crippen molar-refractivity contribution in [2.75, 3.05) is 13.1 Å². The largest absolute Gasteiger partial charge is 0.361 e. The summed E-state index contributed by atoms with van der Waals surface area (Å²) in [5.41, 5.74) is 4.51. The minimum absolute atomic E-state index is 0.0242. The van der Waals surface area contributed by atoms with E-state index in [0.29, 0.717) is 24.6 Å². The lowest BCUT2D eigenvalue weighted by Gasteiger charge is -2.22. The van der Waals surface area contributed by atoms with Crippen LogP contribution in [0.4, 0.5) is 4.39 Å². The van der Waals surface area contributed by atoms with Crippen molar-refractivity contribution in [1.29, 1.82) is 0 Å². The summed E-state index contributed by atoms with van der Waals surface area (Å²) in [5.74, 6) is 0.285. The van der Waals surface area contributed by atoms with Gasteiger partial charge in [-0.1, -0.05) is 12.1 Å². The number of fused-ring (bicyclic) bond motifs is 2. The number of aryl methyl sites for hydroxylation is 1. The van der Waals surface area contributed by atoms with Crippen molar-refractivity contribution >= 4 is 39.0 Å². The molecule has 2 N–H and O–H groups in total. The van der Waals surface area contributed by atoms with Crippen LogP contribution in [-0.4, -0.2) is 38.8 Å². The van der Waals surface area contributed by atoms with E-state index in [0.717, 1.165) is 62.2 Å². The molecule has 3 heterocycles. The zero-order valence-electron chi connectivity index (χ0n) is 18.9. The Morgan fingerprint density at radius 3 is 2.88 bits per heavy atom. The summed E-state index contributed by atoms with van der Waals surface area (Å²) in [6.07, 6.45) is 6.83. The molecule has 0 atom stereocenters. The van der Waals surface area contributed by atoms with Gasteiger partial charge in [-0.3, -0.25) is 4.79 Å². The first-order valence-electron chi connectivity index (χ1n) is 11.6. The first kappa shape index (κ1) is 21.1. The number of hydrogen-bond donors (Lipinski definition) is 2. The smallest absolute Gasteiger partial charge is 0.274 e. The third-order valence-corrected chi connectivity index (χ3v) is 7.62. The fraction of sp³-hybridized carbons (Fsp3) is 0.259. The number of halogens is 1. The van der Waals surface area contributed by atoms with Gasteiger partial charge in [-0.2, -0.15) is 0 Å². The van der Waals surface area contributed by atoms with Crippen molar-refractivity contribution in [3.63, 3.8) is 0 Å². The highest BCUT2D eigenvalue weighted by Gasteiger charge is 2.30. The average Bonchev–Trinajstić information content (AvgIpc) is 3.20. The van der Waals surface area contributed by atoms with Crippen LogP contribution in [0.15, 0.2) is 54.9 Å². The molecule has 5 aromatic rings. The third-order valence-electron chi connectivity index (χ3n) is 6.60. The van der Waals surface area contributed by atoms with Gasteiger partial charge in [-0.25, -0.2) is 9.37 Å². The van der Waals surface area contributed by atoms with Gasteiger partial charge >= 0.3 is 0 Å². The second kappa shape index (κ2) is 8.40. The SMILES string of the molecule is Cc1nc(C(=O)N(CCc2c[nH]c3ccc(F)cc23)CC2CC2)c(-c2ccc3cc[nH]c3c2)s1. The van der Waals surface area contributed by atoms with E-state index in [4.69, 9.17) is 0 Å². The summed E-state index contributed by atoms with van der Waals surface area (Å²) < 4.78 is 13.8. The van der Waals surface area contributed by atoms with Crippen molar-refractivity contribution in [3.8, 4) is 10.4 Å². The van der Waals surface area contributed by atoms with Gasteiger partial charge in [0.25, 0.3) is 5.91 Å². The zero-order valence-corrected chi connectivity index (χ0v) is 19.7. The van der Waals surface area contributed by atoms with E-state index in [-0.39, 0.29) is 11.7 Å². The van der Waals surface area contributed by atoms with Gasteiger partial charge in [0.2, 0.25) is 0 Å². The van der Waals surface area contributed by atoms with Crippen LogP contribution in [0.25, 0.3) is 32.2 Å². The number of H-pyrrole nitrogens is 2. The molecule has 1 aliphatic carbocycles. The first-order valence-corrected chi connectivity index (χ1v) is 12.5. The second-order valence-electron chi connectivity index (χ2n) is 9.14. The highest BCUT2D eigenvalue weighted by Crippen LogP contribution is 2.35. The molecular formula is C27H25FN4OS. The van der Waals surface area contributed by atoms with Crippen LogP contribution in [0, 0.1) is 18.7 Å². The van der Waals surface area contributed by atoms with Crippen LogP contribution >= 0.6 is 11.3 Å². The van der Waals surface area contributed by atoms with E-state index >= 15 is 0 Å². The number of nitrogens with zero attached hydrogens (tertiary/aromatic N) is 2. The van der Waals surface area contributed by atoms with Crippen LogP contribution in [0.1, 0.15) is 33.9 Å². The molecule has 172 valence electrons. The number of carbonyl (C=O) groups is 1. The monoisotopic (exact) mass is 472 g/mol. The molecular weight excluding hydrogens is 447 g/mol. The number of carbonyl (C=O) groups excluding carboxylic acids is 1. The molecule has 0 saturated heterocycles. The van der Waals surface area contributed by atoms with Crippen LogP contribution in [0.3, 0.4) is 0 Å². The Bertz CT molecular complexity index is 1510. The number of aromatic amines is 2. The highest BCUT2D eigenvalue weighted by molar-refractivity contribution is 7.15. The van der Waals surface area contributed by atoms with Crippen molar-refractivity contribution < 1.29 is 9.18 Å². The molecule has 1 saturated carbocycles. The first-order chi connectivity index (χ1) is 16.5. The van der Waals surface area contributed by atoms with Gasteiger partial charge in [0, 0.05) is 41.9 Å². The molecule has 0 bridgehead atoms. The molecule has 0 unspecified atom stereocenters. The molecule has 0 spiro atoms. The van der Waals surface area contributed by atoms with Gasteiger partial charge < -0.3 is 14.9 Å². The van der Waals surface area contributed by atoms with Crippen molar-refractivity contribution in [2.45, 2.75) is 26.2 Å². The Balaban J connectivity index is 1.30. The number of thiazole rings is 1. The number of hydrogen-bond acceptors (Lipinski definition) is 3. The fourth-order valence-corrected chi connectivity index (χ4v) is 5.51. The standard InChI is InChI=1S/C27H25FN4OS/c1-16-31-25(26(34-16)19-5-4-18-8-10-29-24(18)12-19)27(33)32(15-17-2-3-17)11-9-20-14-30-23-7-6-21(28)13-22(20)23/h4-8,10,12-14,17,29-30H,2-3,9,11,15H2,1H3. The van der Waals surface area contributed by atoms with Crippen LogP contribution in [-0.2, 0) is 6.42 Å². The number of rotatable bonds is 7. The molecule has 5 nitrogen and oxygen atoms in total. The lowest BCUT2D eigenvalue weighted by atomic mass is 10.1. The van der Waals surface area contributed by atoms with Gasteiger partial charge in [0.1, 0.15) is 11.5 Å². The summed E-state index contributed by atoms with van der Waals surface area (Å²) in [7, 11) is 0. The maximum atomic E-state index is 13.8. The molecule has 2 aromatic carbocycles. The van der Waals surface area contributed by atoms with Crippen LogP contribution in [0.2, 0.25) is 0 Å².